The summed E-state index contributed by atoms with van der Waals surface area (Å²) in [5, 5.41) is 14.5. The first-order chi connectivity index (χ1) is 15.4. The van der Waals surface area contributed by atoms with Crippen LogP contribution < -0.4 is 9.47 Å². The maximum Gasteiger partial charge on any atom is 0.519 e. The number of benzene rings is 4. The van der Waals surface area contributed by atoms with Crippen molar-refractivity contribution in [3.63, 3.8) is 0 Å². The molecule has 4 aromatic rings. The number of fused-ring (bicyclic) bond motifs is 7. The van der Waals surface area contributed by atoms with Gasteiger partial charge in [0.1, 0.15) is 17.2 Å². The molecule has 1 fully saturated rings. The van der Waals surface area contributed by atoms with Gasteiger partial charge in [-0.15, -0.1) is 0 Å². The Kier molecular flexibility index (Phi) is 4.03. The van der Waals surface area contributed by atoms with Crippen LogP contribution in [0.1, 0.15) is 48.8 Å². The van der Waals surface area contributed by atoms with Crippen molar-refractivity contribution >= 4 is 27.7 Å². The number of carbonyl (C=O) groups is 1. The molecule has 2 atom stereocenters. The minimum Gasteiger partial charge on any atom is -0.507 e. The zero-order valence-electron chi connectivity index (χ0n) is 18.1. The Balaban J connectivity index is 1.47. The molecule has 4 nitrogen and oxygen atoms in total. The number of hydrogen-bond acceptors (Lipinski definition) is 4. The van der Waals surface area contributed by atoms with E-state index in [0.29, 0.717) is 17.2 Å². The quantitative estimate of drug-likeness (QED) is 0.275. The molecule has 160 valence electrons. The van der Waals surface area contributed by atoms with Gasteiger partial charge in [-0.25, -0.2) is 4.79 Å². The van der Waals surface area contributed by atoms with E-state index in [0.717, 1.165) is 57.5 Å². The van der Waals surface area contributed by atoms with Crippen LogP contribution in [-0.2, 0) is 5.41 Å². The zero-order valence-corrected chi connectivity index (χ0v) is 18.1. The minimum absolute atomic E-state index is 0.0825. The van der Waals surface area contributed by atoms with Crippen LogP contribution in [0, 0.1) is 6.92 Å². The van der Waals surface area contributed by atoms with Crippen LogP contribution in [0.2, 0.25) is 0 Å². The first-order valence-corrected chi connectivity index (χ1v) is 11.1. The highest BCUT2D eigenvalue weighted by molar-refractivity contribution is 5.99. The van der Waals surface area contributed by atoms with Gasteiger partial charge in [0.25, 0.3) is 0 Å². The Hall–Kier alpha value is -3.53. The van der Waals surface area contributed by atoms with Crippen molar-refractivity contribution in [2.75, 3.05) is 0 Å². The van der Waals surface area contributed by atoms with Gasteiger partial charge in [0.05, 0.1) is 0 Å². The monoisotopic (exact) mass is 424 g/mol. The van der Waals surface area contributed by atoms with E-state index in [4.69, 9.17) is 9.47 Å². The second-order valence-electron chi connectivity index (χ2n) is 9.45. The molecule has 0 amide bonds. The number of rotatable bonds is 2. The number of aromatic hydroxyl groups is 1. The third kappa shape index (κ3) is 2.72. The van der Waals surface area contributed by atoms with Crippen molar-refractivity contribution in [1.29, 1.82) is 0 Å². The molecule has 1 N–H and O–H groups in total. The van der Waals surface area contributed by atoms with Gasteiger partial charge in [-0.1, -0.05) is 61.0 Å². The molecule has 2 bridgehead atoms. The van der Waals surface area contributed by atoms with Crippen LogP contribution in [0.15, 0.2) is 60.7 Å². The highest BCUT2D eigenvalue weighted by Gasteiger charge is 2.50. The molecule has 0 radical (unpaired) electrons. The fourth-order valence-corrected chi connectivity index (χ4v) is 5.88. The van der Waals surface area contributed by atoms with Crippen LogP contribution >= 0.6 is 0 Å². The molecule has 32 heavy (non-hydrogen) atoms. The van der Waals surface area contributed by atoms with E-state index in [1.165, 1.54) is 0 Å². The molecule has 0 saturated heterocycles. The molecule has 0 aromatic heterocycles. The van der Waals surface area contributed by atoms with Crippen LogP contribution in [0.4, 0.5) is 4.79 Å². The van der Waals surface area contributed by atoms with Gasteiger partial charge in [0.2, 0.25) is 0 Å². The molecule has 0 spiro atoms. The SMILES string of the molecule is Cc1ccc2c(O)c3c(c(OC(=O)Oc4cccc5ccccc45)c2c1)C1CCC3(C)C1. The Morgan fingerprint density at radius 2 is 1.81 bits per heavy atom. The summed E-state index contributed by atoms with van der Waals surface area (Å²) in [7, 11) is 0. The average molecular weight is 424 g/mol. The topological polar surface area (TPSA) is 55.8 Å². The van der Waals surface area contributed by atoms with Gasteiger partial charge in [-0.05, 0) is 55.0 Å². The molecule has 2 aliphatic carbocycles. The molecule has 0 heterocycles. The smallest absolute Gasteiger partial charge is 0.507 e. The van der Waals surface area contributed by atoms with Crippen molar-refractivity contribution in [3.05, 3.63) is 77.4 Å². The lowest BCUT2D eigenvalue weighted by molar-refractivity contribution is 0.152. The summed E-state index contributed by atoms with van der Waals surface area (Å²) in [6, 6.07) is 19.3. The zero-order chi connectivity index (χ0) is 22.0. The fraction of sp³-hybridized carbons (Fsp3) is 0.250. The van der Waals surface area contributed by atoms with Crippen molar-refractivity contribution in [3.8, 4) is 17.2 Å². The van der Waals surface area contributed by atoms with Gasteiger partial charge >= 0.3 is 6.16 Å². The highest BCUT2D eigenvalue weighted by Crippen LogP contribution is 2.63. The number of aryl methyl sites for hydroxylation is 1. The molecule has 4 heteroatoms. The number of ether oxygens (including phenoxy) is 2. The van der Waals surface area contributed by atoms with E-state index in [1.54, 1.807) is 6.07 Å². The van der Waals surface area contributed by atoms with E-state index in [1.807, 2.05) is 61.5 Å². The third-order valence-corrected chi connectivity index (χ3v) is 7.31. The van der Waals surface area contributed by atoms with Crippen LogP contribution in [0.25, 0.3) is 21.5 Å². The van der Waals surface area contributed by atoms with Crippen LogP contribution in [0.5, 0.6) is 17.2 Å². The van der Waals surface area contributed by atoms with Crippen molar-refractivity contribution in [2.45, 2.75) is 44.4 Å². The largest absolute Gasteiger partial charge is 0.519 e. The number of phenolic OH excluding ortho intramolecular Hbond substituents is 1. The Morgan fingerprint density at radius 3 is 2.69 bits per heavy atom. The van der Waals surface area contributed by atoms with Crippen molar-refractivity contribution < 1.29 is 19.4 Å². The summed E-state index contributed by atoms with van der Waals surface area (Å²) in [4.78, 5) is 13.0. The Labute approximate surface area is 186 Å². The van der Waals surface area contributed by atoms with E-state index < -0.39 is 6.16 Å². The first-order valence-electron chi connectivity index (χ1n) is 11.1. The third-order valence-electron chi connectivity index (χ3n) is 7.31. The average Bonchev–Trinajstić information content (AvgIpc) is 3.31. The maximum atomic E-state index is 13.0. The van der Waals surface area contributed by atoms with Crippen LogP contribution in [0.3, 0.4) is 0 Å². The van der Waals surface area contributed by atoms with E-state index in [-0.39, 0.29) is 11.3 Å². The minimum atomic E-state index is -0.759. The number of carbonyl (C=O) groups excluding carboxylic acids is 1. The van der Waals surface area contributed by atoms with Crippen molar-refractivity contribution in [1.82, 2.24) is 0 Å². The summed E-state index contributed by atoms with van der Waals surface area (Å²) < 4.78 is 11.6. The van der Waals surface area contributed by atoms with Gasteiger partial charge in [0.15, 0.2) is 0 Å². The van der Waals surface area contributed by atoms with Crippen LogP contribution in [-0.4, -0.2) is 11.3 Å². The molecule has 4 aromatic carbocycles. The lowest BCUT2D eigenvalue weighted by Crippen LogP contribution is -2.19. The lowest BCUT2D eigenvalue weighted by atomic mass is 9.78. The summed E-state index contributed by atoms with van der Waals surface area (Å²) in [5.41, 5.74) is 2.88. The van der Waals surface area contributed by atoms with E-state index in [9.17, 15) is 9.90 Å². The summed E-state index contributed by atoms with van der Waals surface area (Å²) in [6.45, 7) is 4.20. The molecule has 0 aliphatic heterocycles. The standard InChI is InChI=1S/C28H24O4/c1-16-10-11-20-21(14-16)26(23-18-12-13-28(2,15-18)24(23)25(20)29)32-27(30)31-22-9-5-7-17-6-3-4-8-19(17)22/h3-11,14,18,29H,12-13,15H2,1-2H3. The molecule has 1 saturated carbocycles. The highest BCUT2D eigenvalue weighted by atomic mass is 16.7. The molecular weight excluding hydrogens is 400 g/mol. The summed E-state index contributed by atoms with van der Waals surface area (Å²) >= 11 is 0. The maximum absolute atomic E-state index is 13.0. The number of hydrogen-bond donors (Lipinski definition) is 1. The van der Waals surface area contributed by atoms with Gasteiger partial charge in [-0.2, -0.15) is 0 Å². The van der Waals surface area contributed by atoms with E-state index in [2.05, 4.69) is 6.92 Å². The summed E-state index contributed by atoms with van der Waals surface area (Å²) in [5.74, 6) is 1.62. The Bertz CT molecular complexity index is 1420. The molecular formula is C28H24O4. The van der Waals surface area contributed by atoms with E-state index >= 15 is 0 Å². The number of phenols is 1. The normalized spacial score (nSPS) is 21.1. The molecule has 6 rings (SSSR count). The second kappa shape index (κ2) is 6.73. The van der Waals surface area contributed by atoms with Crippen molar-refractivity contribution in [2.24, 2.45) is 0 Å². The summed E-state index contributed by atoms with van der Waals surface area (Å²) in [6.07, 6.45) is 2.29. The predicted octanol–water partition coefficient (Wildman–Crippen LogP) is 7.12. The Morgan fingerprint density at radius 1 is 1.00 bits per heavy atom. The van der Waals surface area contributed by atoms with Gasteiger partial charge < -0.3 is 14.6 Å². The first kappa shape index (κ1) is 19.2. The second-order valence-corrected chi connectivity index (χ2v) is 9.45. The predicted molar refractivity (Wildman–Crippen MR) is 125 cm³/mol. The van der Waals surface area contributed by atoms with Gasteiger partial charge in [-0.3, -0.25) is 0 Å². The molecule has 2 aliphatic rings. The molecule has 2 unspecified atom stereocenters. The van der Waals surface area contributed by atoms with Gasteiger partial charge in [0, 0.05) is 27.3 Å². The fourth-order valence-electron chi connectivity index (χ4n) is 5.88. The lowest BCUT2D eigenvalue weighted by Gasteiger charge is -2.27.